The van der Waals surface area contributed by atoms with Crippen LogP contribution in [0.4, 0.5) is 0 Å². The summed E-state index contributed by atoms with van der Waals surface area (Å²) in [5, 5.41) is 13.9. The molecular weight excluding hydrogens is 428 g/mol. The van der Waals surface area contributed by atoms with E-state index in [1.54, 1.807) is 0 Å². The number of hydrogen-bond donors (Lipinski definition) is 1. The number of tetrazole rings is 1. The number of carbonyl (C=O) groups excluding carboxylic acids is 1. The van der Waals surface area contributed by atoms with Crippen LogP contribution in [-0.4, -0.2) is 45.4 Å². The Kier molecular flexibility index (Phi) is 9.58. The molecule has 1 saturated heterocycles. The molecule has 7 nitrogen and oxygen atoms in total. The van der Waals surface area contributed by atoms with Gasteiger partial charge in [-0.1, -0.05) is 54.6 Å². The maximum atomic E-state index is 12.6. The molecule has 1 saturated carbocycles. The first-order valence-corrected chi connectivity index (χ1v) is 12.7. The van der Waals surface area contributed by atoms with E-state index in [0.29, 0.717) is 12.2 Å². The van der Waals surface area contributed by atoms with Crippen molar-refractivity contribution in [3.05, 3.63) is 66.0 Å². The molecule has 1 aromatic carbocycles. The number of nitrogens with zero attached hydrogens (tertiary/aromatic N) is 3. The Hall–Kier alpha value is -2.64. The van der Waals surface area contributed by atoms with Crippen LogP contribution in [0.15, 0.2) is 54.6 Å². The minimum Gasteiger partial charge on any atom is -0.353 e. The average Bonchev–Trinajstić information content (AvgIpc) is 3.51. The van der Waals surface area contributed by atoms with E-state index in [1.807, 2.05) is 6.07 Å². The van der Waals surface area contributed by atoms with Gasteiger partial charge in [0, 0.05) is 31.8 Å². The molecule has 2 heterocycles. The normalized spacial score (nSPS) is 24.4. The van der Waals surface area contributed by atoms with E-state index in [1.165, 1.54) is 5.56 Å². The molecule has 4 atom stereocenters. The molecule has 1 aromatic heterocycles. The van der Waals surface area contributed by atoms with Crippen LogP contribution >= 0.6 is 0 Å². The van der Waals surface area contributed by atoms with Crippen molar-refractivity contribution < 1.29 is 14.3 Å². The van der Waals surface area contributed by atoms with Gasteiger partial charge in [-0.3, -0.25) is 4.79 Å². The van der Waals surface area contributed by atoms with Gasteiger partial charge in [0.1, 0.15) is 11.6 Å². The van der Waals surface area contributed by atoms with Gasteiger partial charge in [0.25, 0.3) is 0 Å². The molecule has 0 amide bonds. The number of aromatic nitrogens is 4. The fourth-order valence-corrected chi connectivity index (χ4v) is 4.79. The number of unbranched alkanes of at least 4 members (excludes halogenated alkanes) is 1. The number of H-pyrrole nitrogens is 1. The summed E-state index contributed by atoms with van der Waals surface area (Å²) in [6.45, 7) is 0.771. The van der Waals surface area contributed by atoms with Crippen LogP contribution in [0, 0.1) is 11.8 Å². The van der Waals surface area contributed by atoms with E-state index in [9.17, 15) is 4.79 Å². The van der Waals surface area contributed by atoms with Crippen LogP contribution in [0.3, 0.4) is 0 Å². The van der Waals surface area contributed by atoms with Crippen molar-refractivity contribution in [3.8, 4) is 0 Å². The number of aromatic amines is 1. The third-order valence-corrected chi connectivity index (χ3v) is 6.70. The molecule has 0 radical (unpaired) electrons. The van der Waals surface area contributed by atoms with E-state index < -0.39 is 0 Å². The number of nitrogens with one attached hydrogen (secondary N) is 1. The van der Waals surface area contributed by atoms with Gasteiger partial charge in [-0.05, 0) is 66.9 Å². The molecule has 34 heavy (non-hydrogen) atoms. The highest BCUT2D eigenvalue weighted by atomic mass is 16.7. The Balaban J connectivity index is 1.30. The van der Waals surface area contributed by atoms with Crippen LogP contribution in [0.2, 0.25) is 0 Å². The predicted octanol–water partition coefficient (Wildman–Crippen LogP) is 4.77. The third kappa shape index (κ3) is 7.71. The van der Waals surface area contributed by atoms with Gasteiger partial charge < -0.3 is 9.47 Å². The highest BCUT2D eigenvalue weighted by Crippen LogP contribution is 2.33. The van der Waals surface area contributed by atoms with Gasteiger partial charge in [-0.15, -0.1) is 5.10 Å². The van der Waals surface area contributed by atoms with E-state index >= 15 is 0 Å². The van der Waals surface area contributed by atoms with Gasteiger partial charge in [0.15, 0.2) is 6.29 Å². The number of hydrogen-bond acceptors (Lipinski definition) is 6. The number of allylic oxidation sites excluding steroid dienone is 3. The minimum absolute atomic E-state index is 0.0528. The van der Waals surface area contributed by atoms with Crippen molar-refractivity contribution in [2.24, 2.45) is 11.8 Å². The van der Waals surface area contributed by atoms with Crippen molar-refractivity contribution in [3.63, 3.8) is 0 Å². The summed E-state index contributed by atoms with van der Waals surface area (Å²) in [5.41, 5.74) is 1.25. The summed E-state index contributed by atoms with van der Waals surface area (Å²) in [4.78, 5) is 12.6. The first kappa shape index (κ1) is 24.5. The van der Waals surface area contributed by atoms with Gasteiger partial charge in [-0.2, -0.15) is 0 Å². The zero-order valence-electron chi connectivity index (χ0n) is 19.9. The van der Waals surface area contributed by atoms with Crippen molar-refractivity contribution in [2.45, 2.75) is 76.6 Å². The van der Waals surface area contributed by atoms with Gasteiger partial charge in [0.2, 0.25) is 0 Å². The molecule has 1 aliphatic carbocycles. The number of carbonyl (C=O) groups is 1. The summed E-state index contributed by atoms with van der Waals surface area (Å²) >= 11 is 0. The second kappa shape index (κ2) is 13.3. The lowest BCUT2D eigenvalue weighted by Crippen LogP contribution is -2.28. The Bertz CT molecular complexity index is 907. The highest BCUT2D eigenvalue weighted by Gasteiger charge is 2.32. The quantitative estimate of drug-likeness (QED) is 0.359. The maximum Gasteiger partial charge on any atom is 0.158 e. The Labute approximate surface area is 202 Å². The second-order valence-corrected chi connectivity index (χ2v) is 9.27. The molecule has 0 spiro atoms. The Morgan fingerprint density at radius 3 is 2.88 bits per heavy atom. The number of Topliss-reactive ketones (excluding diaryl/α,β-unsaturated/α-hetero) is 1. The molecule has 4 rings (SSSR count). The number of ether oxygens (including phenoxy) is 2. The van der Waals surface area contributed by atoms with Crippen LogP contribution in [0.5, 0.6) is 0 Å². The highest BCUT2D eigenvalue weighted by molar-refractivity contribution is 5.83. The Morgan fingerprint density at radius 2 is 2.09 bits per heavy atom. The number of aryl methyl sites for hydroxylation is 1. The SMILES string of the molecule is O=C1CCC(C=CC(Cc2ccccc2)OC2CCCCO2)C1C/C=C\CCCc1nnn[nH]1. The summed E-state index contributed by atoms with van der Waals surface area (Å²) in [5.74, 6) is 1.53. The van der Waals surface area contributed by atoms with Crippen LogP contribution in [-0.2, 0) is 27.1 Å². The van der Waals surface area contributed by atoms with Crippen molar-refractivity contribution in [1.29, 1.82) is 0 Å². The molecule has 4 unspecified atom stereocenters. The monoisotopic (exact) mass is 464 g/mol. The molecule has 2 aromatic rings. The smallest absolute Gasteiger partial charge is 0.158 e. The van der Waals surface area contributed by atoms with E-state index in [2.05, 4.69) is 69.2 Å². The molecule has 1 aliphatic heterocycles. The molecule has 7 heteroatoms. The lowest BCUT2D eigenvalue weighted by Gasteiger charge is -2.27. The number of benzene rings is 1. The molecule has 1 N–H and O–H groups in total. The topological polar surface area (TPSA) is 90.0 Å². The van der Waals surface area contributed by atoms with Gasteiger partial charge in [-0.25, -0.2) is 5.10 Å². The molecule has 2 fully saturated rings. The predicted molar refractivity (Wildman–Crippen MR) is 130 cm³/mol. The minimum atomic E-state index is -0.135. The molecule has 0 bridgehead atoms. The van der Waals surface area contributed by atoms with Crippen LogP contribution in [0.25, 0.3) is 0 Å². The first-order chi connectivity index (χ1) is 16.8. The molecule has 2 aliphatic rings. The van der Waals surface area contributed by atoms with E-state index in [-0.39, 0.29) is 24.2 Å². The average molecular weight is 465 g/mol. The summed E-state index contributed by atoms with van der Waals surface area (Å²) in [7, 11) is 0. The standard InChI is InChI=1S/C27H36N4O3/c32-25-18-16-22(24(25)12-6-1-2-7-13-26-28-30-31-29-26)15-17-23(20-21-10-4-3-5-11-21)34-27-14-8-9-19-33-27/h1,3-6,10-11,15,17,22-24,27H,2,7-9,12-14,16,18-20H2,(H,28,29,30,31)/b6-1-,17-15?. The zero-order valence-corrected chi connectivity index (χ0v) is 19.9. The van der Waals surface area contributed by atoms with Crippen molar-refractivity contribution in [2.75, 3.05) is 6.61 Å². The van der Waals surface area contributed by atoms with E-state index in [0.717, 1.165) is 70.2 Å². The largest absolute Gasteiger partial charge is 0.353 e. The second-order valence-electron chi connectivity index (χ2n) is 9.27. The lowest BCUT2D eigenvalue weighted by atomic mass is 9.91. The van der Waals surface area contributed by atoms with Crippen molar-refractivity contribution in [1.82, 2.24) is 20.6 Å². The maximum absolute atomic E-state index is 12.6. The Morgan fingerprint density at radius 1 is 1.18 bits per heavy atom. The number of rotatable bonds is 12. The van der Waals surface area contributed by atoms with Crippen LogP contribution in [0.1, 0.15) is 62.8 Å². The first-order valence-electron chi connectivity index (χ1n) is 12.7. The fourth-order valence-electron chi connectivity index (χ4n) is 4.79. The summed E-state index contributed by atoms with van der Waals surface area (Å²) < 4.78 is 12.2. The third-order valence-electron chi connectivity index (χ3n) is 6.70. The molecule has 182 valence electrons. The van der Waals surface area contributed by atoms with Gasteiger partial charge >= 0.3 is 0 Å². The fraction of sp³-hybridized carbons (Fsp3) is 0.556. The van der Waals surface area contributed by atoms with E-state index in [4.69, 9.17) is 9.47 Å². The van der Waals surface area contributed by atoms with Crippen LogP contribution < -0.4 is 0 Å². The lowest BCUT2D eigenvalue weighted by molar-refractivity contribution is -0.178. The van der Waals surface area contributed by atoms with Gasteiger partial charge in [0.05, 0.1) is 6.10 Å². The summed E-state index contributed by atoms with van der Waals surface area (Å²) in [6, 6.07) is 10.4. The van der Waals surface area contributed by atoms with Crippen molar-refractivity contribution >= 4 is 5.78 Å². The zero-order chi connectivity index (χ0) is 23.4. The number of ketones is 1. The summed E-state index contributed by atoms with van der Waals surface area (Å²) in [6.07, 6.45) is 17.7. The molecular formula is C27H36N4O3.